The number of hydrogen-bond donors (Lipinski definition) is 0. The molecule has 90 valence electrons. The van der Waals surface area contributed by atoms with E-state index in [4.69, 9.17) is 23.2 Å². The maximum absolute atomic E-state index is 12.0. The molecule has 2 heterocycles. The molecule has 0 unspecified atom stereocenters. The summed E-state index contributed by atoms with van der Waals surface area (Å²) in [5.74, 6) is 0.477. The van der Waals surface area contributed by atoms with Crippen LogP contribution in [0.3, 0.4) is 0 Å². The first-order valence-electron chi connectivity index (χ1n) is 5.64. The Morgan fingerprint density at radius 2 is 2.06 bits per heavy atom. The third kappa shape index (κ3) is 2.11. The van der Waals surface area contributed by atoms with Crippen LogP contribution >= 0.6 is 23.2 Å². The van der Waals surface area contributed by atoms with Gasteiger partial charge in [-0.3, -0.25) is 4.79 Å². The van der Waals surface area contributed by atoms with Crippen molar-refractivity contribution in [2.75, 3.05) is 6.54 Å². The number of nitrogens with zero attached hydrogens (tertiary/aromatic N) is 3. The Labute approximate surface area is 109 Å². The van der Waals surface area contributed by atoms with Gasteiger partial charge in [-0.25, -0.2) is 9.97 Å². The van der Waals surface area contributed by atoms with Crippen molar-refractivity contribution in [1.29, 1.82) is 0 Å². The lowest BCUT2D eigenvalue weighted by Crippen LogP contribution is -2.37. The van der Waals surface area contributed by atoms with Gasteiger partial charge in [0.1, 0.15) is 5.15 Å². The number of carbonyl (C=O) groups excluding carboxylic acids is 1. The topological polar surface area (TPSA) is 46.1 Å². The summed E-state index contributed by atoms with van der Waals surface area (Å²) < 4.78 is 0. The fraction of sp³-hybridized carbons (Fsp3) is 0.545. The van der Waals surface area contributed by atoms with Gasteiger partial charge in [0, 0.05) is 24.4 Å². The Morgan fingerprint density at radius 1 is 1.29 bits per heavy atom. The van der Waals surface area contributed by atoms with Crippen molar-refractivity contribution >= 4 is 29.1 Å². The zero-order valence-electron chi connectivity index (χ0n) is 9.12. The van der Waals surface area contributed by atoms with Crippen LogP contribution in [0.2, 0.25) is 10.4 Å². The highest BCUT2D eigenvalue weighted by Gasteiger charge is 2.35. The van der Waals surface area contributed by atoms with Crippen molar-refractivity contribution in [2.24, 2.45) is 5.92 Å². The average molecular weight is 272 g/mol. The van der Waals surface area contributed by atoms with Crippen molar-refractivity contribution in [2.45, 2.75) is 25.8 Å². The van der Waals surface area contributed by atoms with Gasteiger partial charge in [-0.05, 0) is 24.4 Å². The lowest BCUT2D eigenvalue weighted by atomic mass is 10.1. The van der Waals surface area contributed by atoms with Crippen molar-refractivity contribution in [3.63, 3.8) is 0 Å². The Hall–Kier alpha value is -0.870. The van der Waals surface area contributed by atoms with Gasteiger partial charge in [-0.15, -0.1) is 0 Å². The number of carbonyl (C=O) groups is 1. The fourth-order valence-corrected chi connectivity index (χ4v) is 2.60. The summed E-state index contributed by atoms with van der Waals surface area (Å²) in [6, 6.07) is 0. The monoisotopic (exact) mass is 271 g/mol. The summed E-state index contributed by atoms with van der Waals surface area (Å²) in [7, 11) is 0. The lowest BCUT2D eigenvalue weighted by Gasteiger charge is -2.28. The molecule has 0 aromatic carbocycles. The number of aromatic nitrogens is 2. The van der Waals surface area contributed by atoms with Gasteiger partial charge in [0.05, 0.1) is 12.2 Å². The van der Waals surface area contributed by atoms with E-state index in [1.54, 1.807) is 0 Å². The summed E-state index contributed by atoms with van der Waals surface area (Å²) >= 11 is 11.8. The number of rotatable bonds is 1. The molecule has 2 aliphatic rings. The van der Waals surface area contributed by atoms with Crippen LogP contribution in [0.1, 0.15) is 24.1 Å². The second-order valence-electron chi connectivity index (χ2n) is 4.49. The zero-order chi connectivity index (χ0) is 12.0. The molecule has 1 aromatic heterocycles. The van der Waals surface area contributed by atoms with Gasteiger partial charge in [-0.1, -0.05) is 11.6 Å². The maximum Gasteiger partial charge on any atom is 0.225 e. The number of fused-ring (bicyclic) bond motifs is 1. The van der Waals surface area contributed by atoms with E-state index >= 15 is 0 Å². The van der Waals surface area contributed by atoms with Crippen LogP contribution in [0, 0.1) is 5.92 Å². The van der Waals surface area contributed by atoms with Crippen LogP contribution in [-0.2, 0) is 17.8 Å². The van der Waals surface area contributed by atoms with Crippen LogP contribution in [0.5, 0.6) is 0 Å². The molecule has 1 saturated carbocycles. The SMILES string of the molecule is O=C(C1CC1)N1CCc2nc(Cl)nc(Cl)c2C1. The first-order valence-corrected chi connectivity index (χ1v) is 6.40. The number of halogens is 2. The molecule has 17 heavy (non-hydrogen) atoms. The molecule has 1 fully saturated rings. The maximum atomic E-state index is 12.0. The number of hydrogen-bond acceptors (Lipinski definition) is 3. The Morgan fingerprint density at radius 3 is 2.76 bits per heavy atom. The van der Waals surface area contributed by atoms with Gasteiger partial charge in [0.15, 0.2) is 0 Å². The predicted octanol–water partition coefficient (Wildman–Crippen LogP) is 2.08. The molecule has 1 amide bonds. The molecular weight excluding hydrogens is 261 g/mol. The normalized spacial score (nSPS) is 19.1. The van der Waals surface area contributed by atoms with Crippen molar-refractivity contribution < 1.29 is 4.79 Å². The van der Waals surface area contributed by atoms with Crippen LogP contribution in [0.25, 0.3) is 0 Å². The van der Waals surface area contributed by atoms with E-state index in [1.165, 1.54) is 0 Å². The Bertz CT molecular complexity index is 488. The van der Waals surface area contributed by atoms with E-state index in [0.29, 0.717) is 24.7 Å². The third-order valence-corrected chi connectivity index (χ3v) is 3.70. The van der Waals surface area contributed by atoms with E-state index in [-0.39, 0.29) is 17.1 Å². The van der Waals surface area contributed by atoms with Crippen molar-refractivity contribution in [3.8, 4) is 0 Å². The molecule has 0 radical (unpaired) electrons. The largest absolute Gasteiger partial charge is 0.338 e. The average Bonchev–Trinajstić information content (AvgIpc) is 3.11. The molecule has 0 N–H and O–H groups in total. The van der Waals surface area contributed by atoms with Crippen LogP contribution in [-0.4, -0.2) is 27.3 Å². The van der Waals surface area contributed by atoms with Crippen LogP contribution in [0.15, 0.2) is 0 Å². The molecule has 1 aliphatic heterocycles. The quantitative estimate of drug-likeness (QED) is 0.581. The predicted molar refractivity (Wildman–Crippen MR) is 63.9 cm³/mol. The molecule has 1 aliphatic carbocycles. The summed E-state index contributed by atoms with van der Waals surface area (Å²) in [6.45, 7) is 1.21. The fourth-order valence-electron chi connectivity index (χ4n) is 2.12. The Kier molecular flexibility index (Phi) is 2.71. The summed E-state index contributed by atoms with van der Waals surface area (Å²) in [5.41, 5.74) is 1.71. The van der Waals surface area contributed by atoms with Gasteiger partial charge < -0.3 is 4.90 Å². The van der Waals surface area contributed by atoms with Crippen molar-refractivity contribution in [1.82, 2.24) is 14.9 Å². The molecule has 0 spiro atoms. The molecule has 3 rings (SSSR count). The van der Waals surface area contributed by atoms with E-state index in [0.717, 1.165) is 24.1 Å². The minimum Gasteiger partial charge on any atom is -0.338 e. The van der Waals surface area contributed by atoms with Gasteiger partial charge in [0.25, 0.3) is 0 Å². The highest BCUT2D eigenvalue weighted by atomic mass is 35.5. The van der Waals surface area contributed by atoms with E-state index < -0.39 is 0 Å². The number of amides is 1. The second kappa shape index (κ2) is 4.10. The van der Waals surface area contributed by atoms with E-state index in [2.05, 4.69) is 9.97 Å². The first-order chi connectivity index (χ1) is 8.15. The summed E-state index contributed by atoms with van der Waals surface area (Å²) in [5, 5.41) is 0.545. The minimum absolute atomic E-state index is 0.177. The highest BCUT2D eigenvalue weighted by Crippen LogP contribution is 2.33. The standard InChI is InChI=1S/C11H11Cl2N3O/c12-9-7-5-16(10(17)6-1-2-6)4-3-8(7)14-11(13)15-9/h6H,1-5H2. The van der Waals surface area contributed by atoms with Gasteiger partial charge in [0.2, 0.25) is 11.2 Å². The summed E-state index contributed by atoms with van der Waals surface area (Å²) in [4.78, 5) is 21.9. The van der Waals surface area contributed by atoms with Gasteiger partial charge >= 0.3 is 0 Å². The van der Waals surface area contributed by atoms with Crippen LogP contribution in [0.4, 0.5) is 0 Å². The summed E-state index contributed by atoms with van der Waals surface area (Å²) in [6.07, 6.45) is 2.75. The second-order valence-corrected chi connectivity index (χ2v) is 5.19. The van der Waals surface area contributed by atoms with Crippen molar-refractivity contribution in [3.05, 3.63) is 21.7 Å². The molecule has 0 saturated heterocycles. The van der Waals surface area contributed by atoms with E-state index in [9.17, 15) is 4.79 Å². The molecule has 6 heteroatoms. The Balaban J connectivity index is 1.87. The van der Waals surface area contributed by atoms with E-state index in [1.807, 2.05) is 4.90 Å². The highest BCUT2D eigenvalue weighted by molar-refractivity contribution is 6.32. The molecule has 1 aromatic rings. The smallest absolute Gasteiger partial charge is 0.225 e. The molecule has 0 atom stereocenters. The lowest BCUT2D eigenvalue weighted by molar-refractivity contribution is -0.133. The molecule has 4 nitrogen and oxygen atoms in total. The van der Waals surface area contributed by atoms with Crippen LogP contribution < -0.4 is 0 Å². The molecule has 0 bridgehead atoms. The zero-order valence-corrected chi connectivity index (χ0v) is 10.6. The third-order valence-electron chi connectivity index (χ3n) is 3.22. The molecular formula is C11H11Cl2N3O. The van der Waals surface area contributed by atoms with Gasteiger partial charge in [-0.2, -0.15) is 0 Å². The minimum atomic E-state index is 0.177. The first kappa shape index (κ1) is 11.2.